The number of nitrogens with one attached hydrogen (secondary N) is 2. The van der Waals surface area contributed by atoms with E-state index in [0.717, 1.165) is 24.5 Å². The van der Waals surface area contributed by atoms with E-state index in [0.29, 0.717) is 19.6 Å². The van der Waals surface area contributed by atoms with Crippen LogP contribution in [0.3, 0.4) is 0 Å². The fourth-order valence-electron chi connectivity index (χ4n) is 2.42. The number of amides is 1. The minimum absolute atomic E-state index is 0.0114. The van der Waals surface area contributed by atoms with Crippen molar-refractivity contribution in [2.45, 2.75) is 19.0 Å². The van der Waals surface area contributed by atoms with Gasteiger partial charge in [-0.05, 0) is 18.2 Å². The second kappa shape index (κ2) is 7.20. The van der Waals surface area contributed by atoms with Crippen LogP contribution in [-0.2, 0) is 16.1 Å². The van der Waals surface area contributed by atoms with E-state index in [1.807, 2.05) is 42.6 Å². The number of rotatable bonds is 5. The maximum atomic E-state index is 11.9. The highest BCUT2D eigenvalue weighted by Gasteiger charge is 2.16. The summed E-state index contributed by atoms with van der Waals surface area (Å²) in [5.41, 5.74) is 1.84. The number of nitrogens with zero attached hydrogens (tertiary/aromatic N) is 2. The second-order valence-corrected chi connectivity index (χ2v) is 5.29. The highest BCUT2D eigenvalue weighted by Crippen LogP contribution is 2.07. The predicted molar refractivity (Wildman–Crippen MR) is 82.6 cm³/mol. The number of para-hydroxylation sites is 1. The van der Waals surface area contributed by atoms with Gasteiger partial charge in [-0.25, -0.2) is 4.68 Å². The summed E-state index contributed by atoms with van der Waals surface area (Å²) in [6, 6.07) is 11.9. The molecule has 3 rings (SSSR count). The number of morpholine rings is 1. The first kappa shape index (κ1) is 14.7. The highest BCUT2D eigenvalue weighted by atomic mass is 16.5. The Morgan fingerprint density at radius 3 is 3.00 bits per heavy atom. The first-order chi connectivity index (χ1) is 10.8. The van der Waals surface area contributed by atoms with Crippen LogP contribution in [0.15, 0.2) is 42.6 Å². The Kier molecular flexibility index (Phi) is 4.82. The summed E-state index contributed by atoms with van der Waals surface area (Å²) in [6.07, 6.45) is 2.33. The van der Waals surface area contributed by atoms with Crippen LogP contribution < -0.4 is 10.6 Å². The van der Waals surface area contributed by atoms with E-state index in [-0.39, 0.29) is 11.9 Å². The third-order valence-electron chi connectivity index (χ3n) is 3.56. The molecule has 0 saturated carbocycles. The number of carbonyl (C=O) groups excluding carboxylic acids is 1. The van der Waals surface area contributed by atoms with Crippen molar-refractivity contribution in [3.63, 3.8) is 0 Å². The van der Waals surface area contributed by atoms with Crippen molar-refractivity contribution in [2.24, 2.45) is 0 Å². The Labute approximate surface area is 129 Å². The van der Waals surface area contributed by atoms with Crippen LogP contribution in [0.25, 0.3) is 5.69 Å². The van der Waals surface area contributed by atoms with Crippen molar-refractivity contribution in [2.75, 3.05) is 19.8 Å². The van der Waals surface area contributed by atoms with Crippen LogP contribution in [0.5, 0.6) is 0 Å². The van der Waals surface area contributed by atoms with Crippen molar-refractivity contribution in [1.29, 1.82) is 0 Å². The number of benzene rings is 1. The number of ether oxygens (including phenoxy) is 1. The predicted octanol–water partition coefficient (Wildman–Crippen LogP) is 0.867. The molecule has 6 nitrogen and oxygen atoms in total. The lowest BCUT2D eigenvalue weighted by Gasteiger charge is -2.23. The lowest BCUT2D eigenvalue weighted by atomic mass is 10.2. The van der Waals surface area contributed by atoms with Gasteiger partial charge in [0.25, 0.3) is 0 Å². The lowest BCUT2D eigenvalue weighted by Crippen LogP contribution is -2.44. The average molecular weight is 300 g/mol. The highest BCUT2D eigenvalue weighted by molar-refractivity contribution is 5.76. The molecule has 6 heteroatoms. The van der Waals surface area contributed by atoms with Crippen molar-refractivity contribution >= 4 is 5.91 Å². The van der Waals surface area contributed by atoms with E-state index in [4.69, 9.17) is 4.74 Å². The van der Waals surface area contributed by atoms with Crippen molar-refractivity contribution in [1.82, 2.24) is 20.4 Å². The zero-order chi connectivity index (χ0) is 15.2. The van der Waals surface area contributed by atoms with E-state index >= 15 is 0 Å². The zero-order valence-corrected chi connectivity index (χ0v) is 12.4. The standard InChI is InChI=1S/C16H20N4O2/c21-16(10-14-12-22-9-7-17-14)18-11-13-6-8-20(19-13)15-4-2-1-3-5-15/h1-6,8,14,17H,7,9-12H2,(H,18,21). The summed E-state index contributed by atoms with van der Waals surface area (Å²) in [7, 11) is 0. The third kappa shape index (κ3) is 3.93. The van der Waals surface area contributed by atoms with Crippen LogP contribution in [0.4, 0.5) is 0 Å². The van der Waals surface area contributed by atoms with Gasteiger partial charge in [-0.1, -0.05) is 18.2 Å². The minimum atomic E-state index is 0.0114. The smallest absolute Gasteiger partial charge is 0.221 e. The lowest BCUT2D eigenvalue weighted by molar-refractivity contribution is -0.122. The van der Waals surface area contributed by atoms with E-state index in [1.54, 1.807) is 4.68 Å². The average Bonchev–Trinajstić information content (AvgIpc) is 3.04. The molecule has 1 aliphatic heterocycles. The topological polar surface area (TPSA) is 68.2 Å². The Morgan fingerprint density at radius 2 is 2.23 bits per heavy atom. The van der Waals surface area contributed by atoms with Gasteiger partial charge >= 0.3 is 0 Å². The van der Waals surface area contributed by atoms with Crippen molar-refractivity contribution < 1.29 is 9.53 Å². The summed E-state index contributed by atoms with van der Waals surface area (Å²) in [4.78, 5) is 11.9. The summed E-state index contributed by atoms with van der Waals surface area (Å²) in [5, 5.41) is 10.6. The molecule has 1 aromatic carbocycles. The second-order valence-electron chi connectivity index (χ2n) is 5.29. The van der Waals surface area contributed by atoms with E-state index < -0.39 is 0 Å². The van der Waals surface area contributed by atoms with Gasteiger partial charge in [0.2, 0.25) is 5.91 Å². The molecule has 0 aliphatic carbocycles. The molecule has 1 aromatic heterocycles. The van der Waals surface area contributed by atoms with Gasteiger partial charge in [0.05, 0.1) is 31.1 Å². The number of hydrogen-bond donors (Lipinski definition) is 2. The fraction of sp³-hybridized carbons (Fsp3) is 0.375. The maximum absolute atomic E-state index is 11.9. The molecule has 1 unspecified atom stereocenters. The molecule has 1 saturated heterocycles. The minimum Gasteiger partial charge on any atom is -0.378 e. The SMILES string of the molecule is O=C(CC1COCCN1)NCc1ccn(-c2ccccc2)n1. The van der Waals surface area contributed by atoms with E-state index in [9.17, 15) is 4.79 Å². The molecule has 0 spiro atoms. The van der Waals surface area contributed by atoms with E-state index in [1.165, 1.54) is 0 Å². The Hall–Kier alpha value is -2.18. The third-order valence-corrected chi connectivity index (χ3v) is 3.56. The maximum Gasteiger partial charge on any atom is 0.221 e. The number of aromatic nitrogens is 2. The molecule has 1 atom stereocenters. The molecule has 116 valence electrons. The van der Waals surface area contributed by atoms with Gasteiger partial charge in [0, 0.05) is 25.2 Å². The monoisotopic (exact) mass is 300 g/mol. The molecule has 2 aromatic rings. The van der Waals surface area contributed by atoms with Crippen LogP contribution >= 0.6 is 0 Å². The summed E-state index contributed by atoms with van der Waals surface area (Å²) in [5.74, 6) is 0.0114. The molecule has 1 aliphatic rings. The van der Waals surface area contributed by atoms with Crippen molar-refractivity contribution in [3.8, 4) is 5.69 Å². The van der Waals surface area contributed by atoms with Crippen LogP contribution in [-0.4, -0.2) is 41.5 Å². The molecular weight excluding hydrogens is 280 g/mol. The molecule has 1 fully saturated rings. The summed E-state index contributed by atoms with van der Waals surface area (Å²) < 4.78 is 7.14. The molecule has 2 N–H and O–H groups in total. The first-order valence-corrected chi connectivity index (χ1v) is 7.49. The molecule has 1 amide bonds. The number of carbonyl (C=O) groups is 1. The van der Waals surface area contributed by atoms with E-state index in [2.05, 4.69) is 15.7 Å². The molecule has 22 heavy (non-hydrogen) atoms. The number of hydrogen-bond acceptors (Lipinski definition) is 4. The Bertz CT molecular complexity index is 606. The van der Waals surface area contributed by atoms with Gasteiger partial charge in [-0.15, -0.1) is 0 Å². The summed E-state index contributed by atoms with van der Waals surface area (Å²) in [6.45, 7) is 2.55. The zero-order valence-electron chi connectivity index (χ0n) is 12.4. The Morgan fingerprint density at radius 1 is 1.36 bits per heavy atom. The molecule has 0 bridgehead atoms. The van der Waals surface area contributed by atoms with Crippen molar-refractivity contribution in [3.05, 3.63) is 48.3 Å². The largest absolute Gasteiger partial charge is 0.378 e. The molecular formula is C16H20N4O2. The normalized spacial score (nSPS) is 18.1. The molecule has 0 radical (unpaired) electrons. The van der Waals surface area contributed by atoms with Gasteiger partial charge in [-0.3, -0.25) is 4.79 Å². The molecule has 2 heterocycles. The van der Waals surface area contributed by atoms with Crippen LogP contribution in [0, 0.1) is 0 Å². The van der Waals surface area contributed by atoms with Gasteiger partial charge in [-0.2, -0.15) is 5.10 Å². The fourth-order valence-corrected chi connectivity index (χ4v) is 2.42. The van der Waals surface area contributed by atoms with Gasteiger partial charge in [0.1, 0.15) is 0 Å². The van der Waals surface area contributed by atoms with Crippen LogP contribution in [0.2, 0.25) is 0 Å². The van der Waals surface area contributed by atoms with Crippen LogP contribution in [0.1, 0.15) is 12.1 Å². The summed E-state index contributed by atoms with van der Waals surface area (Å²) >= 11 is 0. The quantitative estimate of drug-likeness (QED) is 0.860. The van der Waals surface area contributed by atoms with Gasteiger partial charge in [0.15, 0.2) is 0 Å². The Balaban J connectivity index is 1.49. The first-order valence-electron chi connectivity index (χ1n) is 7.49. The van der Waals surface area contributed by atoms with Gasteiger partial charge < -0.3 is 15.4 Å².